The Morgan fingerprint density at radius 2 is 2.00 bits per heavy atom. The minimum atomic E-state index is -1.35. The van der Waals surface area contributed by atoms with Crippen LogP contribution in [0.5, 0.6) is 0 Å². The molecule has 1 aliphatic carbocycles. The van der Waals surface area contributed by atoms with Crippen LogP contribution in [0.25, 0.3) is 0 Å². The van der Waals surface area contributed by atoms with E-state index >= 15 is 0 Å². The van der Waals surface area contributed by atoms with E-state index in [4.69, 9.17) is 15.9 Å². The molecule has 1 aliphatic rings. The monoisotopic (exact) mass is 229 g/mol. The SMILES string of the molecule is CCCCCC(N)(C(=O)O)[C@H]1C[C@@H]1C(=O)O. The van der Waals surface area contributed by atoms with Crippen LogP contribution in [0.3, 0.4) is 0 Å². The van der Waals surface area contributed by atoms with Crippen LogP contribution in [0.1, 0.15) is 39.0 Å². The molecule has 0 saturated heterocycles. The highest BCUT2D eigenvalue weighted by molar-refractivity contribution is 5.83. The molecule has 16 heavy (non-hydrogen) atoms. The van der Waals surface area contributed by atoms with Gasteiger partial charge in [-0.2, -0.15) is 0 Å². The topological polar surface area (TPSA) is 101 Å². The number of carbonyl (C=O) groups is 2. The Morgan fingerprint density at radius 3 is 2.38 bits per heavy atom. The number of aliphatic carboxylic acids is 2. The van der Waals surface area contributed by atoms with Gasteiger partial charge < -0.3 is 15.9 Å². The zero-order valence-electron chi connectivity index (χ0n) is 9.48. The first-order valence-electron chi connectivity index (χ1n) is 5.68. The van der Waals surface area contributed by atoms with Gasteiger partial charge in [0.1, 0.15) is 5.54 Å². The average Bonchev–Trinajstić information content (AvgIpc) is 2.97. The number of carboxylic acids is 2. The molecule has 92 valence electrons. The Bertz CT molecular complexity index is 292. The molecule has 5 nitrogen and oxygen atoms in total. The maximum Gasteiger partial charge on any atom is 0.323 e. The molecule has 0 radical (unpaired) electrons. The Morgan fingerprint density at radius 1 is 1.38 bits per heavy atom. The van der Waals surface area contributed by atoms with Gasteiger partial charge in [0.2, 0.25) is 0 Å². The summed E-state index contributed by atoms with van der Waals surface area (Å²) in [4.78, 5) is 21.9. The summed E-state index contributed by atoms with van der Waals surface area (Å²) in [7, 11) is 0. The third kappa shape index (κ3) is 2.52. The van der Waals surface area contributed by atoms with Crippen LogP contribution in [0.4, 0.5) is 0 Å². The maximum atomic E-state index is 11.1. The summed E-state index contributed by atoms with van der Waals surface area (Å²) >= 11 is 0. The summed E-state index contributed by atoms with van der Waals surface area (Å²) in [5.41, 5.74) is 4.50. The van der Waals surface area contributed by atoms with E-state index in [-0.39, 0.29) is 0 Å². The lowest BCUT2D eigenvalue weighted by molar-refractivity contribution is -0.145. The van der Waals surface area contributed by atoms with E-state index in [0.29, 0.717) is 12.8 Å². The zero-order valence-corrected chi connectivity index (χ0v) is 9.48. The quantitative estimate of drug-likeness (QED) is 0.567. The lowest BCUT2D eigenvalue weighted by Crippen LogP contribution is -2.51. The molecule has 0 aromatic carbocycles. The summed E-state index contributed by atoms with van der Waals surface area (Å²) in [5.74, 6) is -2.98. The first-order valence-corrected chi connectivity index (χ1v) is 5.68. The van der Waals surface area contributed by atoms with E-state index in [1.54, 1.807) is 0 Å². The predicted molar refractivity (Wildman–Crippen MR) is 57.9 cm³/mol. The number of hydrogen-bond donors (Lipinski definition) is 3. The van der Waals surface area contributed by atoms with Crippen molar-refractivity contribution in [3.63, 3.8) is 0 Å². The molecule has 1 fully saturated rings. The molecule has 0 aromatic rings. The molecule has 1 unspecified atom stereocenters. The standard InChI is InChI=1S/C11H19NO4/c1-2-3-4-5-11(12,10(15)16)8-6-7(8)9(13)14/h7-8H,2-6,12H2,1H3,(H,13,14)(H,15,16)/t7-,8-,11?/m0/s1. The highest BCUT2D eigenvalue weighted by Crippen LogP contribution is 2.47. The van der Waals surface area contributed by atoms with Gasteiger partial charge in [-0.1, -0.05) is 26.2 Å². The van der Waals surface area contributed by atoms with Gasteiger partial charge in [0, 0.05) is 5.92 Å². The van der Waals surface area contributed by atoms with Crippen molar-refractivity contribution in [3.05, 3.63) is 0 Å². The molecular weight excluding hydrogens is 210 g/mol. The first-order chi connectivity index (χ1) is 7.43. The second kappa shape index (κ2) is 4.82. The van der Waals surface area contributed by atoms with Crippen molar-refractivity contribution in [2.45, 2.75) is 44.6 Å². The highest BCUT2D eigenvalue weighted by atomic mass is 16.4. The van der Waals surface area contributed by atoms with Gasteiger partial charge in [-0.25, -0.2) is 0 Å². The minimum absolute atomic E-state index is 0.366. The van der Waals surface area contributed by atoms with Crippen molar-refractivity contribution in [1.29, 1.82) is 0 Å². The Labute approximate surface area is 94.6 Å². The van der Waals surface area contributed by atoms with E-state index < -0.39 is 29.3 Å². The molecule has 0 amide bonds. The first kappa shape index (κ1) is 13.0. The van der Waals surface area contributed by atoms with Crippen LogP contribution in [-0.2, 0) is 9.59 Å². The summed E-state index contributed by atoms with van der Waals surface area (Å²) < 4.78 is 0. The van der Waals surface area contributed by atoms with Gasteiger partial charge in [0.05, 0.1) is 5.92 Å². The van der Waals surface area contributed by atoms with Gasteiger partial charge in [-0.3, -0.25) is 9.59 Å². The molecular formula is C11H19NO4. The van der Waals surface area contributed by atoms with Crippen LogP contribution in [-0.4, -0.2) is 27.7 Å². The molecule has 1 rings (SSSR count). The third-order valence-electron chi connectivity index (χ3n) is 3.36. The Kier molecular flexibility index (Phi) is 3.91. The second-order valence-electron chi connectivity index (χ2n) is 4.59. The van der Waals surface area contributed by atoms with Gasteiger partial charge in [0.15, 0.2) is 0 Å². The molecule has 0 heterocycles. The molecule has 3 atom stereocenters. The van der Waals surface area contributed by atoms with Crippen molar-refractivity contribution in [2.75, 3.05) is 0 Å². The van der Waals surface area contributed by atoms with E-state index in [2.05, 4.69) is 0 Å². The lowest BCUT2D eigenvalue weighted by Gasteiger charge is -2.24. The normalized spacial score (nSPS) is 27.1. The van der Waals surface area contributed by atoms with E-state index in [1.807, 2.05) is 6.92 Å². The van der Waals surface area contributed by atoms with Crippen LogP contribution in [0.2, 0.25) is 0 Å². The van der Waals surface area contributed by atoms with Crippen molar-refractivity contribution in [2.24, 2.45) is 17.6 Å². The van der Waals surface area contributed by atoms with E-state index in [1.165, 1.54) is 0 Å². The molecule has 4 N–H and O–H groups in total. The van der Waals surface area contributed by atoms with Crippen molar-refractivity contribution >= 4 is 11.9 Å². The number of unbranched alkanes of at least 4 members (excludes halogenated alkanes) is 2. The summed E-state index contributed by atoms with van der Waals surface area (Å²) in [6.07, 6.45) is 3.41. The van der Waals surface area contributed by atoms with Crippen LogP contribution >= 0.6 is 0 Å². The van der Waals surface area contributed by atoms with Crippen LogP contribution in [0.15, 0.2) is 0 Å². The van der Waals surface area contributed by atoms with Crippen LogP contribution < -0.4 is 5.73 Å². The fourth-order valence-corrected chi connectivity index (χ4v) is 2.16. The fraction of sp³-hybridized carbons (Fsp3) is 0.818. The molecule has 1 saturated carbocycles. The summed E-state index contributed by atoms with van der Waals surface area (Å²) in [6.45, 7) is 2.02. The molecule has 0 bridgehead atoms. The molecule has 5 heteroatoms. The predicted octanol–water partition coefficient (Wildman–Crippen LogP) is 1.07. The maximum absolute atomic E-state index is 11.1. The zero-order chi connectivity index (χ0) is 12.3. The number of hydrogen-bond acceptors (Lipinski definition) is 3. The lowest BCUT2D eigenvalue weighted by atomic mass is 9.87. The highest BCUT2D eigenvalue weighted by Gasteiger charge is 2.57. The van der Waals surface area contributed by atoms with Gasteiger partial charge in [-0.15, -0.1) is 0 Å². The summed E-state index contributed by atoms with van der Waals surface area (Å²) in [5, 5.41) is 17.9. The largest absolute Gasteiger partial charge is 0.481 e. The van der Waals surface area contributed by atoms with Crippen molar-refractivity contribution in [3.8, 4) is 0 Å². The fourth-order valence-electron chi connectivity index (χ4n) is 2.16. The molecule has 0 spiro atoms. The second-order valence-corrected chi connectivity index (χ2v) is 4.59. The molecule has 0 aromatic heterocycles. The molecule has 0 aliphatic heterocycles. The Balaban J connectivity index is 2.60. The van der Waals surface area contributed by atoms with Crippen molar-refractivity contribution in [1.82, 2.24) is 0 Å². The number of rotatable bonds is 7. The number of nitrogens with two attached hydrogens (primary N) is 1. The minimum Gasteiger partial charge on any atom is -0.481 e. The van der Waals surface area contributed by atoms with Gasteiger partial charge in [0.25, 0.3) is 0 Å². The van der Waals surface area contributed by atoms with Crippen LogP contribution in [0, 0.1) is 11.8 Å². The summed E-state index contributed by atoms with van der Waals surface area (Å²) in [6, 6.07) is 0. The number of carboxylic acid groups (broad SMARTS) is 2. The van der Waals surface area contributed by atoms with Crippen molar-refractivity contribution < 1.29 is 19.8 Å². The Hall–Kier alpha value is -1.10. The van der Waals surface area contributed by atoms with Gasteiger partial charge >= 0.3 is 11.9 Å². The third-order valence-corrected chi connectivity index (χ3v) is 3.36. The average molecular weight is 229 g/mol. The smallest absolute Gasteiger partial charge is 0.323 e. The van der Waals surface area contributed by atoms with Gasteiger partial charge in [-0.05, 0) is 12.8 Å². The van der Waals surface area contributed by atoms with E-state index in [9.17, 15) is 9.59 Å². The van der Waals surface area contributed by atoms with E-state index in [0.717, 1.165) is 19.3 Å².